The molecule has 0 saturated carbocycles. The van der Waals surface area contributed by atoms with Crippen LogP contribution in [0.2, 0.25) is 0 Å². The van der Waals surface area contributed by atoms with Gasteiger partial charge in [0.05, 0.1) is 17.7 Å². The van der Waals surface area contributed by atoms with Gasteiger partial charge in [0.2, 0.25) is 5.91 Å². The molecule has 0 aliphatic carbocycles. The van der Waals surface area contributed by atoms with Crippen molar-refractivity contribution in [2.75, 3.05) is 19.6 Å². The molecule has 1 spiro atoms. The summed E-state index contributed by atoms with van der Waals surface area (Å²) < 4.78 is 28.0. The number of nitrogens with zero attached hydrogens (tertiary/aromatic N) is 2. The number of amides is 1. The molecule has 0 aromatic carbocycles. The molecule has 3 rings (SSSR count). The molecule has 2 saturated heterocycles. The van der Waals surface area contributed by atoms with E-state index in [9.17, 15) is 13.6 Å². The zero-order valence-corrected chi connectivity index (χ0v) is 11.1. The molecule has 2 aliphatic rings. The van der Waals surface area contributed by atoms with E-state index in [2.05, 4.69) is 10.3 Å². The summed E-state index contributed by atoms with van der Waals surface area (Å²) in [5.74, 6) is -3.06. The predicted molar refractivity (Wildman–Crippen MR) is 69.1 cm³/mol. The molecular weight excluding hydrogens is 264 g/mol. The molecule has 1 aromatic rings. The van der Waals surface area contributed by atoms with Crippen LogP contribution >= 0.6 is 0 Å². The Morgan fingerprint density at radius 2 is 2.20 bits per heavy atom. The summed E-state index contributed by atoms with van der Waals surface area (Å²) in [5.41, 5.74) is -0.185. The van der Waals surface area contributed by atoms with Gasteiger partial charge < -0.3 is 5.32 Å². The lowest BCUT2D eigenvalue weighted by atomic mass is 9.77. The van der Waals surface area contributed by atoms with Crippen LogP contribution in [0.15, 0.2) is 24.4 Å². The third kappa shape index (κ3) is 2.52. The van der Waals surface area contributed by atoms with Gasteiger partial charge >= 0.3 is 0 Å². The van der Waals surface area contributed by atoms with Gasteiger partial charge in [0, 0.05) is 32.3 Å². The molecule has 2 aliphatic heterocycles. The van der Waals surface area contributed by atoms with Crippen LogP contribution in [0.5, 0.6) is 0 Å². The van der Waals surface area contributed by atoms with Gasteiger partial charge in [-0.15, -0.1) is 0 Å². The summed E-state index contributed by atoms with van der Waals surface area (Å²) in [4.78, 5) is 17.8. The van der Waals surface area contributed by atoms with Crippen LogP contribution in [0, 0.1) is 5.41 Å². The molecular formula is C14H17F2N3O. The Hall–Kier alpha value is -1.56. The van der Waals surface area contributed by atoms with Crippen molar-refractivity contribution in [1.29, 1.82) is 0 Å². The van der Waals surface area contributed by atoms with Crippen molar-refractivity contribution < 1.29 is 13.6 Å². The van der Waals surface area contributed by atoms with Crippen molar-refractivity contribution in [2.24, 2.45) is 5.41 Å². The molecule has 1 atom stereocenters. The zero-order valence-electron chi connectivity index (χ0n) is 11.1. The van der Waals surface area contributed by atoms with Gasteiger partial charge in [0.15, 0.2) is 0 Å². The van der Waals surface area contributed by atoms with Crippen LogP contribution in [0.3, 0.4) is 0 Å². The number of carbonyl (C=O) groups is 1. The van der Waals surface area contributed by atoms with Crippen LogP contribution in [0.4, 0.5) is 8.78 Å². The molecule has 1 N–H and O–H groups in total. The number of hydrogen-bond donors (Lipinski definition) is 1. The normalized spacial score (nSPS) is 29.6. The Kier molecular flexibility index (Phi) is 3.20. The minimum atomic E-state index is -2.82. The number of likely N-dealkylation sites (tertiary alicyclic amines) is 1. The number of aromatic nitrogens is 1. The summed E-state index contributed by atoms with van der Waals surface area (Å²) in [7, 11) is 0. The summed E-state index contributed by atoms with van der Waals surface area (Å²) in [6.07, 6.45) is 1.79. The minimum Gasteiger partial charge on any atom is -0.356 e. The molecule has 0 unspecified atom stereocenters. The number of alkyl halides is 2. The van der Waals surface area contributed by atoms with Crippen molar-refractivity contribution in [2.45, 2.75) is 25.3 Å². The van der Waals surface area contributed by atoms with Gasteiger partial charge in [0.1, 0.15) is 0 Å². The summed E-state index contributed by atoms with van der Waals surface area (Å²) in [6, 6.07) is 5.44. The molecule has 3 heterocycles. The number of carbonyl (C=O) groups excluding carboxylic acids is 1. The number of halogens is 2. The lowest BCUT2D eigenvalue weighted by molar-refractivity contribution is -0.149. The maximum absolute atomic E-state index is 14.0. The summed E-state index contributed by atoms with van der Waals surface area (Å²) >= 11 is 0. The Morgan fingerprint density at radius 1 is 1.35 bits per heavy atom. The molecule has 0 radical (unpaired) electrons. The third-order valence-corrected chi connectivity index (χ3v) is 4.06. The van der Waals surface area contributed by atoms with Crippen molar-refractivity contribution >= 4 is 5.91 Å². The third-order valence-electron chi connectivity index (χ3n) is 4.06. The molecule has 20 heavy (non-hydrogen) atoms. The van der Waals surface area contributed by atoms with E-state index in [4.69, 9.17) is 0 Å². The summed E-state index contributed by atoms with van der Waals surface area (Å²) in [6.45, 7) is 0.918. The number of piperidine rings is 1. The van der Waals surface area contributed by atoms with Crippen LogP contribution in [0.25, 0.3) is 0 Å². The van der Waals surface area contributed by atoms with Gasteiger partial charge in [-0.1, -0.05) is 6.07 Å². The van der Waals surface area contributed by atoms with Gasteiger partial charge in [-0.3, -0.25) is 14.7 Å². The first kappa shape index (κ1) is 13.4. The highest BCUT2D eigenvalue weighted by atomic mass is 19.3. The quantitative estimate of drug-likeness (QED) is 0.892. The Bertz CT molecular complexity index is 508. The Balaban J connectivity index is 1.80. The van der Waals surface area contributed by atoms with E-state index >= 15 is 0 Å². The number of rotatable bonds is 2. The largest absolute Gasteiger partial charge is 0.356 e. The fraction of sp³-hybridized carbons (Fsp3) is 0.571. The van der Waals surface area contributed by atoms with Crippen molar-refractivity contribution in [1.82, 2.24) is 15.2 Å². The first-order chi connectivity index (χ1) is 9.49. The number of hydrogen-bond acceptors (Lipinski definition) is 3. The molecule has 2 fully saturated rings. The Labute approximate surface area is 116 Å². The van der Waals surface area contributed by atoms with Crippen molar-refractivity contribution in [3.63, 3.8) is 0 Å². The van der Waals surface area contributed by atoms with Crippen LogP contribution < -0.4 is 5.32 Å². The topological polar surface area (TPSA) is 45.2 Å². The van der Waals surface area contributed by atoms with E-state index in [1.54, 1.807) is 17.2 Å². The molecule has 1 aromatic heterocycles. The monoisotopic (exact) mass is 281 g/mol. The highest BCUT2D eigenvalue weighted by Gasteiger charge is 2.54. The molecule has 4 nitrogen and oxygen atoms in total. The fourth-order valence-electron chi connectivity index (χ4n) is 3.29. The lowest BCUT2D eigenvalue weighted by Crippen LogP contribution is -2.54. The maximum atomic E-state index is 14.0. The van der Waals surface area contributed by atoms with E-state index < -0.39 is 11.3 Å². The molecule has 108 valence electrons. The van der Waals surface area contributed by atoms with Gasteiger partial charge in [-0.2, -0.15) is 0 Å². The van der Waals surface area contributed by atoms with E-state index in [0.29, 0.717) is 26.1 Å². The highest BCUT2D eigenvalue weighted by molar-refractivity contribution is 5.85. The average Bonchev–Trinajstić information content (AvgIpc) is 2.69. The van der Waals surface area contributed by atoms with E-state index in [-0.39, 0.29) is 18.9 Å². The second-order valence-electron chi connectivity index (χ2n) is 5.79. The average molecular weight is 281 g/mol. The highest BCUT2D eigenvalue weighted by Crippen LogP contribution is 2.43. The fourth-order valence-corrected chi connectivity index (χ4v) is 3.29. The van der Waals surface area contributed by atoms with Gasteiger partial charge in [-0.25, -0.2) is 8.78 Å². The zero-order chi connectivity index (χ0) is 14.2. The van der Waals surface area contributed by atoms with Crippen LogP contribution in [-0.2, 0) is 11.3 Å². The summed E-state index contributed by atoms with van der Waals surface area (Å²) in [5, 5.41) is 2.69. The van der Waals surface area contributed by atoms with Gasteiger partial charge in [0.25, 0.3) is 5.92 Å². The van der Waals surface area contributed by atoms with Crippen molar-refractivity contribution in [3.05, 3.63) is 30.1 Å². The number of pyridine rings is 1. The van der Waals surface area contributed by atoms with E-state index in [1.165, 1.54) is 0 Å². The standard InChI is InChI=1S/C14H17F2N3O/c15-14(16)8-13(4-6-18-12(13)20)9-19(10-14)7-11-3-1-2-5-17-11/h1-3,5H,4,6-10H2,(H,18,20)/t13-/m0/s1. The van der Waals surface area contributed by atoms with Crippen molar-refractivity contribution in [3.8, 4) is 0 Å². The minimum absolute atomic E-state index is 0.233. The molecule has 0 bridgehead atoms. The van der Waals surface area contributed by atoms with Crippen LogP contribution in [0.1, 0.15) is 18.5 Å². The maximum Gasteiger partial charge on any atom is 0.261 e. The predicted octanol–water partition coefficient (Wildman–Crippen LogP) is 1.43. The smallest absolute Gasteiger partial charge is 0.261 e. The van der Waals surface area contributed by atoms with Gasteiger partial charge in [-0.05, 0) is 18.6 Å². The van der Waals surface area contributed by atoms with Crippen LogP contribution in [-0.4, -0.2) is 41.3 Å². The SMILES string of the molecule is O=C1NCC[C@]12CN(Cc1ccccn1)CC(F)(F)C2. The number of nitrogens with one attached hydrogen (secondary N) is 1. The lowest BCUT2D eigenvalue weighted by Gasteiger charge is -2.42. The molecule has 6 heteroatoms. The second-order valence-corrected chi connectivity index (χ2v) is 5.79. The van der Waals surface area contributed by atoms with E-state index in [1.807, 2.05) is 12.1 Å². The Morgan fingerprint density at radius 3 is 2.85 bits per heavy atom. The molecule has 1 amide bonds. The van der Waals surface area contributed by atoms with E-state index in [0.717, 1.165) is 5.69 Å². The first-order valence-corrected chi connectivity index (χ1v) is 6.78. The second kappa shape index (κ2) is 4.77. The first-order valence-electron chi connectivity index (χ1n) is 6.78.